The van der Waals surface area contributed by atoms with Gasteiger partial charge in [0.15, 0.2) is 0 Å². The van der Waals surface area contributed by atoms with Crippen LogP contribution in [0.1, 0.15) is 29.5 Å². The van der Waals surface area contributed by atoms with Gasteiger partial charge in [-0.15, -0.1) is 0 Å². The molecule has 0 amide bonds. The summed E-state index contributed by atoms with van der Waals surface area (Å²) in [6.07, 6.45) is 4.48. The first-order valence-electron chi connectivity index (χ1n) is 5.41. The standard InChI is InChI=1S/C12H17NO2/c1-15-13-8-9-6-7-12(14)11-5-3-2-4-10(9)11/h6-7,13-14H,2-5,8H2,1H3. The van der Waals surface area contributed by atoms with Gasteiger partial charge in [0.1, 0.15) is 5.75 Å². The summed E-state index contributed by atoms with van der Waals surface area (Å²) in [4.78, 5) is 4.85. The fourth-order valence-electron chi connectivity index (χ4n) is 2.24. The molecule has 1 aliphatic carbocycles. The molecule has 0 fully saturated rings. The van der Waals surface area contributed by atoms with E-state index in [1.54, 1.807) is 13.2 Å². The van der Waals surface area contributed by atoms with E-state index in [1.807, 2.05) is 6.07 Å². The maximum Gasteiger partial charge on any atom is 0.119 e. The quantitative estimate of drug-likeness (QED) is 0.744. The lowest BCUT2D eigenvalue weighted by Crippen LogP contribution is -2.15. The van der Waals surface area contributed by atoms with Crippen LogP contribution in [0, 0.1) is 0 Å². The lowest BCUT2D eigenvalue weighted by atomic mass is 9.87. The molecule has 3 heteroatoms. The van der Waals surface area contributed by atoms with Crippen LogP contribution in [0.15, 0.2) is 12.1 Å². The number of hydrogen-bond donors (Lipinski definition) is 2. The number of phenols is 1. The average molecular weight is 207 g/mol. The molecule has 0 spiro atoms. The van der Waals surface area contributed by atoms with Crippen LogP contribution in [-0.4, -0.2) is 12.2 Å². The molecular weight excluding hydrogens is 190 g/mol. The zero-order valence-electron chi connectivity index (χ0n) is 9.05. The summed E-state index contributed by atoms with van der Waals surface area (Å²) in [6.45, 7) is 0.707. The van der Waals surface area contributed by atoms with Gasteiger partial charge in [-0.2, -0.15) is 5.48 Å². The highest BCUT2D eigenvalue weighted by molar-refractivity contribution is 5.45. The maximum atomic E-state index is 9.75. The van der Waals surface area contributed by atoms with E-state index in [9.17, 15) is 5.11 Å². The fourth-order valence-corrected chi connectivity index (χ4v) is 2.24. The number of nitrogens with one attached hydrogen (secondary N) is 1. The molecule has 0 heterocycles. The number of aromatic hydroxyl groups is 1. The molecule has 1 aliphatic rings. The number of hydrogen-bond acceptors (Lipinski definition) is 3. The molecule has 0 saturated heterocycles. The van der Waals surface area contributed by atoms with E-state index >= 15 is 0 Å². The van der Waals surface area contributed by atoms with Crippen LogP contribution in [-0.2, 0) is 24.2 Å². The Morgan fingerprint density at radius 1 is 1.27 bits per heavy atom. The van der Waals surface area contributed by atoms with Crippen molar-refractivity contribution in [3.8, 4) is 5.75 Å². The monoisotopic (exact) mass is 207 g/mol. The van der Waals surface area contributed by atoms with Gasteiger partial charge in [0.05, 0.1) is 7.11 Å². The highest BCUT2D eigenvalue weighted by atomic mass is 16.6. The third-order valence-corrected chi connectivity index (χ3v) is 3.01. The van der Waals surface area contributed by atoms with E-state index in [4.69, 9.17) is 4.84 Å². The first-order chi connectivity index (χ1) is 7.33. The minimum atomic E-state index is 0.450. The number of rotatable bonds is 3. The summed E-state index contributed by atoms with van der Waals surface area (Å²) in [5.41, 5.74) is 6.54. The van der Waals surface area contributed by atoms with Crippen LogP contribution in [0.4, 0.5) is 0 Å². The van der Waals surface area contributed by atoms with Crippen molar-refractivity contribution in [2.75, 3.05) is 7.11 Å². The average Bonchev–Trinajstić information content (AvgIpc) is 2.29. The SMILES string of the molecule is CONCc1ccc(O)c2c1CCCC2. The molecule has 3 nitrogen and oxygen atoms in total. The predicted octanol–water partition coefficient (Wildman–Crippen LogP) is 1.92. The van der Waals surface area contributed by atoms with Crippen LogP contribution in [0.25, 0.3) is 0 Å². The molecule has 82 valence electrons. The Balaban J connectivity index is 2.30. The molecule has 0 bridgehead atoms. The summed E-state index contributed by atoms with van der Waals surface area (Å²) in [7, 11) is 1.62. The molecule has 1 aromatic carbocycles. The lowest BCUT2D eigenvalue weighted by Gasteiger charge is -2.20. The Morgan fingerprint density at radius 3 is 2.73 bits per heavy atom. The molecular formula is C12H17NO2. The Morgan fingerprint density at radius 2 is 2.00 bits per heavy atom. The molecule has 0 saturated carbocycles. The second kappa shape index (κ2) is 4.64. The molecule has 1 aromatic rings. The van der Waals surface area contributed by atoms with E-state index in [0.717, 1.165) is 18.4 Å². The minimum Gasteiger partial charge on any atom is -0.508 e. The Hall–Kier alpha value is -1.06. The second-order valence-corrected chi connectivity index (χ2v) is 3.93. The Bertz CT molecular complexity index is 350. The highest BCUT2D eigenvalue weighted by Crippen LogP contribution is 2.31. The fraction of sp³-hybridized carbons (Fsp3) is 0.500. The molecule has 0 unspecified atom stereocenters. The van der Waals surface area contributed by atoms with Gasteiger partial charge in [0, 0.05) is 6.54 Å². The number of phenolic OH excluding ortho intramolecular Hbond substituents is 1. The summed E-state index contributed by atoms with van der Waals surface area (Å²) < 4.78 is 0. The lowest BCUT2D eigenvalue weighted by molar-refractivity contribution is 0.0864. The third-order valence-electron chi connectivity index (χ3n) is 3.01. The molecule has 0 radical (unpaired) electrons. The third kappa shape index (κ3) is 2.13. The topological polar surface area (TPSA) is 41.5 Å². The predicted molar refractivity (Wildman–Crippen MR) is 58.6 cm³/mol. The minimum absolute atomic E-state index is 0.450. The van der Waals surface area contributed by atoms with Crippen LogP contribution in [0.5, 0.6) is 5.75 Å². The van der Waals surface area contributed by atoms with Gasteiger partial charge in [0.2, 0.25) is 0 Å². The maximum absolute atomic E-state index is 9.75. The van der Waals surface area contributed by atoms with Crippen molar-refractivity contribution in [2.24, 2.45) is 0 Å². The van der Waals surface area contributed by atoms with Crippen LogP contribution in [0.2, 0.25) is 0 Å². The number of hydroxylamine groups is 1. The Labute approximate surface area is 90.0 Å². The molecule has 15 heavy (non-hydrogen) atoms. The summed E-state index contributed by atoms with van der Waals surface area (Å²) >= 11 is 0. The van der Waals surface area contributed by atoms with Crippen molar-refractivity contribution >= 4 is 0 Å². The van der Waals surface area contributed by atoms with E-state index in [2.05, 4.69) is 5.48 Å². The van der Waals surface area contributed by atoms with Gasteiger partial charge in [-0.05, 0) is 48.4 Å². The Kier molecular flexibility index (Phi) is 3.23. The molecule has 2 rings (SSSR count). The van der Waals surface area contributed by atoms with Crippen molar-refractivity contribution in [2.45, 2.75) is 32.2 Å². The van der Waals surface area contributed by atoms with Crippen molar-refractivity contribution < 1.29 is 9.94 Å². The number of benzene rings is 1. The van der Waals surface area contributed by atoms with Gasteiger partial charge < -0.3 is 9.94 Å². The smallest absolute Gasteiger partial charge is 0.119 e. The number of fused-ring (bicyclic) bond motifs is 1. The van der Waals surface area contributed by atoms with E-state index < -0.39 is 0 Å². The second-order valence-electron chi connectivity index (χ2n) is 3.93. The molecule has 0 atom stereocenters. The van der Waals surface area contributed by atoms with Gasteiger partial charge >= 0.3 is 0 Å². The van der Waals surface area contributed by atoms with E-state index in [0.29, 0.717) is 12.3 Å². The van der Waals surface area contributed by atoms with Gasteiger partial charge in [-0.25, -0.2) is 0 Å². The largest absolute Gasteiger partial charge is 0.508 e. The van der Waals surface area contributed by atoms with Gasteiger partial charge in [-0.1, -0.05) is 6.07 Å². The van der Waals surface area contributed by atoms with Crippen molar-refractivity contribution in [3.63, 3.8) is 0 Å². The van der Waals surface area contributed by atoms with Crippen LogP contribution in [0.3, 0.4) is 0 Å². The molecule has 0 aliphatic heterocycles. The zero-order chi connectivity index (χ0) is 10.7. The first-order valence-corrected chi connectivity index (χ1v) is 5.41. The molecule has 2 N–H and O–H groups in total. The van der Waals surface area contributed by atoms with Crippen LogP contribution < -0.4 is 5.48 Å². The summed E-state index contributed by atoms with van der Waals surface area (Å²) in [6, 6.07) is 3.77. The zero-order valence-corrected chi connectivity index (χ0v) is 9.05. The van der Waals surface area contributed by atoms with E-state index in [1.165, 1.54) is 24.0 Å². The summed E-state index contributed by atoms with van der Waals surface area (Å²) in [5.74, 6) is 0.450. The highest BCUT2D eigenvalue weighted by Gasteiger charge is 2.16. The van der Waals surface area contributed by atoms with Gasteiger partial charge in [-0.3, -0.25) is 0 Å². The molecule has 0 aromatic heterocycles. The first kappa shape index (κ1) is 10.5. The van der Waals surface area contributed by atoms with Crippen molar-refractivity contribution in [1.82, 2.24) is 5.48 Å². The van der Waals surface area contributed by atoms with Crippen molar-refractivity contribution in [1.29, 1.82) is 0 Å². The normalized spacial score (nSPS) is 15.0. The van der Waals surface area contributed by atoms with Gasteiger partial charge in [0.25, 0.3) is 0 Å². The van der Waals surface area contributed by atoms with E-state index in [-0.39, 0.29) is 0 Å². The summed E-state index contributed by atoms with van der Waals surface area (Å²) in [5, 5.41) is 9.75. The van der Waals surface area contributed by atoms with Crippen LogP contribution >= 0.6 is 0 Å². The van der Waals surface area contributed by atoms with Crippen molar-refractivity contribution in [3.05, 3.63) is 28.8 Å².